The molecule has 0 fully saturated rings. The quantitative estimate of drug-likeness (QED) is 0.0940. The maximum absolute atomic E-state index is 12.2. The van der Waals surface area contributed by atoms with Crippen molar-refractivity contribution in [2.75, 3.05) is 85.8 Å². The molecule has 0 saturated carbocycles. The smallest absolute Gasteiger partial charge is 0.356 e. The minimum absolute atomic E-state index is 0.0238. The molecule has 13 nitrogen and oxygen atoms in total. The first-order valence-electron chi connectivity index (χ1n) is 14.7. The summed E-state index contributed by atoms with van der Waals surface area (Å²) < 4.78 is 21.2. The second-order valence-corrected chi connectivity index (χ2v) is 10.00. The van der Waals surface area contributed by atoms with Gasteiger partial charge >= 0.3 is 11.9 Å². The lowest BCUT2D eigenvalue weighted by Gasteiger charge is -2.31. The van der Waals surface area contributed by atoms with Crippen molar-refractivity contribution in [3.63, 3.8) is 0 Å². The molecule has 3 rings (SSSR count). The summed E-state index contributed by atoms with van der Waals surface area (Å²) in [7, 11) is 2.62. The Morgan fingerprint density at radius 2 is 1.36 bits per heavy atom. The maximum Gasteiger partial charge on any atom is 0.356 e. The summed E-state index contributed by atoms with van der Waals surface area (Å²) in [5.41, 5.74) is 9.17. The van der Waals surface area contributed by atoms with E-state index < -0.39 is 11.9 Å². The van der Waals surface area contributed by atoms with Gasteiger partial charge in [0.05, 0.1) is 71.3 Å². The standard InChI is InChI=1S/C32H43N5O8/c1-42-31(40)28-7-3-5-26(34-28)23-36(13-17-38)15-19-44-21-22-45-20-16-37(14-18-39)30(24-9-11-25(33)12-10-24)27-6-4-8-29(35-27)32(41)43-2/h3-12,30,38-39H,13-23,33H2,1-2H3. The first kappa shape index (κ1) is 35.5. The van der Waals surface area contributed by atoms with Crippen molar-refractivity contribution in [3.05, 3.63) is 89.0 Å². The highest BCUT2D eigenvalue weighted by Gasteiger charge is 2.24. The van der Waals surface area contributed by atoms with Gasteiger partial charge < -0.3 is 34.9 Å². The van der Waals surface area contributed by atoms with Crippen molar-refractivity contribution in [1.29, 1.82) is 0 Å². The third-order valence-corrected chi connectivity index (χ3v) is 6.90. The van der Waals surface area contributed by atoms with E-state index in [0.29, 0.717) is 76.2 Å². The van der Waals surface area contributed by atoms with E-state index in [1.807, 2.05) is 34.1 Å². The number of carbonyl (C=O) groups is 2. The third kappa shape index (κ3) is 11.5. The van der Waals surface area contributed by atoms with Crippen LogP contribution in [-0.2, 0) is 25.5 Å². The molecule has 0 radical (unpaired) electrons. The summed E-state index contributed by atoms with van der Waals surface area (Å²) in [6.07, 6.45) is 0. The summed E-state index contributed by atoms with van der Waals surface area (Å²) in [6, 6.07) is 17.4. The molecule has 1 unspecified atom stereocenters. The number of aromatic nitrogens is 2. The van der Waals surface area contributed by atoms with Gasteiger partial charge in [0.1, 0.15) is 11.4 Å². The Morgan fingerprint density at radius 1 is 0.756 bits per heavy atom. The Hall–Kier alpha value is -3.98. The van der Waals surface area contributed by atoms with Crippen LogP contribution in [0.2, 0.25) is 0 Å². The summed E-state index contributed by atoms with van der Waals surface area (Å²) >= 11 is 0. The molecular weight excluding hydrogens is 582 g/mol. The van der Waals surface area contributed by atoms with E-state index >= 15 is 0 Å². The molecule has 2 aromatic heterocycles. The topological polar surface area (TPSA) is 170 Å². The van der Waals surface area contributed by atoms with Gasteiger partial charge in [-0.15, -0.1) is 0 Å². The van der Waals surface area contributed by atoms with Crippen LogP contribution in [0.1, 0.15) is 44.0 Å². The number of esters is 2. The number of rotatable bonds is 20. The molecule has 3 aromatic rings. The summed E-state index contributed by atoms with van der Waals surface area (Å²) in [5.74, 6) is -1.03. The number of anilines is 1. The number of ether oxygens (including phenoxy) is 4. The fourth-order valence-corrected chi connectivity index (χ4v) is 4.69. The van der Waals surface area contributed by atoms with E-state index in [1.54, 1.807) is 36.4 Å². The van der Waals surface area contributed by atoms with Crippen molar-refractivity contribution in [2.45, 2.75) is 12.6 Å². The number of methoxy groups -OCH3 is 2. The van der Waals surface area contributed by atoms with Crippen molar-refractivity contribution in [3.8, 4) is 0 Å². The van der Waals surface area contributed by atoms with E-state index in [-0.39, 0.29) is 30.6 Å². The van der Waals surface area contributed by atoms with E-state index in [1.165, 1.54) is 14.2 Å². The van der Waals surface area contributed by atoms with Crippen LogP contribution in [0.5, 0.6) is 0 Å². The van der Waals surface area contributed by atoms with E-state index in [4.69, 9.17) is 24.7 Å². The first-order chi connectivity index (χ1) is 21.9. The van der Waals surface area contributed by atoms with Crippen molar-refractivity contribution in [1.82, 2.24) is 19.8 Å². The highest BCUT2D eigenvalue weighted by Crippen LogP contribution is 2.28. The lowest BCUT2D eigenvalue weighted by molar-refractivity contribution is 0.0245. The normalized spacial score (nSPS) is 12.0. The van der Waals surface area contributed by atoms with Gasteiger partial charge in [-0.2, -0.15) is 0 Å². The summed E-state index contributed by atoms with van der Waals surface area (Å²) in [4.78, 5) is 36.9. The highest BCUT2D eigenvalue weighted by atomic mass is 16.5. The number of pyridine rings is 2. The van der Waals surface area contributed by atoms with Gasteiger partial charge in [-0.3, -0.25) is 9.80 Å². The van der Waals surface area contributed by atoms with Crippen LogP contribution >= 0.6 is 0 Å². The zero-order valence-electron chi connectivity index (χ0n) is 25.8. The molecular formula is C32H43N5O8. The van der Waals surface area contributed by atoms with Crippen LogP contribution in [0.25, 0.3) is 0 Å². The Balaban J connectivity index is 1.52. The first-order valence-corrected chi connectivity index (χ1v) is 14.7. The molecule has 0 amide bonds. The average molecular weight is 626 g/mol. The minimum atomic E-state index is -0.533. The number of hydrogen-bond acceptors (Lipinski definition) is 13. The van der Waals surface area contributed by atoms with Crippen molar-refractivity contribution in [2.24, 2.45) is 0 Å². The molecule has 1 atom stereocenters. The predicted molar refractivity (Wildman–Crippen MR) is 167 cm³/mol. The minimum Gasteiger partial charge on any atom is -0.464 e. The summed E-state index contributed by atoms with van der Waals surface area (Å²) in [6.45, 7) is 3.64. The molecule has 0 bridgehead atoms. The van der Waals surface area contributed by atoms with Crippen LogP contribution in [0.3, 0.4) is 0 Å². The van der Waals surface area contributed by atoms with Crippen LogP contribution < -0.4 is 5.73 Å². The summed E-state index contributed by atoms with van der Waals surface area (Å²) in [5, 5.41) is 19.3. The number of aliphatic hydroxyl groups is 2. The van der Waals surface area contributed by atoms with Crippen LogP contribution in [-0.4, -0.2) is 122 Å². The van der Waals surface area contributed by atoms with E-state index in [0.717, 1.165) is 5.56 Å². The van der Waals surface area contributed by atoms with E-state index in [9.17, 15) is 19.8 Å². The third-order valence-electron chi connectivity index (χ3n) is 6.90. The van der Waals surface area contributed by atoms with Crippen molar-refractivity contribution < 1.29 is 38.7 Å². The molecule has 13 heteroatoms. The molecule has 1 aromatic carbocycles. The molecule has 2 heterocycles. The van der Waals surface area contributed by atoms with Crippen LogP contribution in [0, 0.1) is 0 Å². The second kappa shape index (κ2) is 19.4. The lowest BCUT2D eigenvalue weighted by Crippen LogP contribution is -2.36. The van der Waals surface area contributed by atoms with Gasteiger partial charge in [0.15, 0.2) is 0 Å². The second-order valence-electron chi connectivity index (χ2n) is 10.00. The van der Waals surface area contributed by atoms with E-state index in [2.05, 4.69) is 9.97 Å². The molecule has 4 N–H and O–H groups in total. The number of hydrogen-bond donors (Lipinski definition) is 3. The molecule has 244 valence electrons. The molecule has 0 saturated heterocycles. The van der Waals surface area contributed by atoms with Gasteiger partial charge in [0.2, 0.25) is 0 Å². The number of benzene rings is 1. The van der Waals surface area contributed by atoms with Crippen LogP contribution in [0.4, 0.5) is 5.69 Å². The Kier molecular flexibility index (Phi) is 15.3. The fraction of sp³-hybridized carbons (Fsp3) is 0.438. The number of nitrogens with zero attached hydrogens (tertiary/aromatic N) is 4. The number of carbonyl (C=O) groups excluding carboxylic acids is 2. The molecule has 45 heavy (non-hydrogen) atoms. The van der Waals surface area contributed by atoms with Gasteiger partial charge in [-0.05, 0) is 42.0 Å². The zero-order valence-corrected chi connectivity index (χ0v) is 25.8. The van der Waals surface area contributed by atoms with Gasteiger partial charge in [0.25, 0.3) is 0 Å². The lowest BCUT2D eigenvalue weighted by atomic mass is 10.0. The number of nitrogens with two attached hydrogens (primary N) is 1. The average Bonchev–Trinajstić information content (AvgIpc) is 3.06. The molecule has 0 aliphatic rings. The van der Waals surface area contributed by atoms with Gasteiger partial charge in [-0.25, -0.2) is 19.6 Å². The van der Waals surface area contributed by atoms with Crippen molar-refractivity contribution >= 4 is 17.6 Å². The largest absolute Gasteiger partial charge is 0.464 e. The zero-order chi connectivity index (χ0) is 32.4. The molecule has 0 aliphatic heterocycles. The molecule has 0 aliphatic carbocycles. The molecule has 0 spiro atoms. The maximum atomic E-state index is 12.2. The van der Waals surface area contributed by atoms with Gasteiger partial charge in [-0.1, -0.05) is 24.3 Å². The Morgan fingerprint density at radius 3 is 1.98 bits per heavy atom. The Labute approximate surface area is 263 Å². The van der Waals surface area contributed by atoms with Gasteiger partial charge in [0, 0.05) is 38.4 Å². The highest BCUT2D eigenvalue weighted by molar-refractivity contribution is 5.87. The van der Waals surface area contributed by atoms with Crippen LogP contribution in [0.15, 0.2) is 60.7 Å². The number of aliphatic hydroxyl groups excluding tert-OH is 2. The fourth-order valence-electron chi connectivity index (χ4n) is 4.69. The Bertz CT molecular complexity index is 1330. The number of nitrogen functional groups attached to an aromatic ring is 1. The SMILES string of the molecule is COC(=O)c1cccc(CN(CCO)CCOCCOCCN(CCO)C(c2ccc(N)cc2)c2cccc(C(=O)OC)n2)n1. The monoisotopic (exact) mass is 625 g/mol. The predicted octanol–water partition coefficient (Wildman–Crippen LogP) is 1.54.